The monoisotopic (exact) mass is 538 g/mol. The number of aliphatic carboxylic acids is 1. The first kappa shape index (κ1) is 30.4. The van der Waals surface area contributed by atoms with Gasteiger partial charge in [0.25, 0.3) is 0 Å². The maximum atomic E-state index is 14.1. The Kier molecular flexibility index (Phi) is 8.42. The summed E-state index contributed by atoms with van der Waals surface area (Å²) in [7, 11) is 5.71. The van der Waals surface area contributed by atoms with E-state index in [9.17, 15) is 19.5 Å². The minimum Gasteiger partial charge on any atom is -0.478 e. The molecule has 1 aromatic heterocycles. The number of amides is 2. The van der Waals surface area contributed by atoms with Gasteiger partial charge in [0.2, 0.25) is 11.8 Å². The zero-order valence-electron chi connectivity index (χ0n) is 25.4. The Morgan fingerprint density at radius 2 is 1.74 bits per heavy atom. The number of hydrogen-bond acceptors (Lipinski definition) is 4. The third kappa shape index (κ3) is 5.62. The minimum atomic E-state index is -1.02. The summed E-state index contributed by atoms with van der Waals surface area (Å²) in [5.74, 6) is -1.47. The summed E-state index contributed by atoms with van der Waals surface area (Å²) >= 11 is 0. The molecule has 0 saturated heterocycles. The van der Waals surface area contributed by atoms with E-state index in [-0.39, 0.29) is 23.3 Å². The fourth-order valence-corrected chi connectivity index (χ4v) is 6.19. The molecule has 0 aliphatic carbocycles. The van der Waals surface area contributed by atoms with Crippen LogP contribution in [0.5, 0.6) is 0 Å². The number of carboxylic acids is 1. The molecule has 0 radical (unpaired) electrons. The van der Waals surface area contributed by atoms with Gasteiger partial charge < -0.3 is 19.9 Å². The van der Waals surface area contributed by atoms with Crippen LogP contribution >= 0.6 is 0 Å². The maximum absolute atomic E-state index is 14.1. The summed E-state index contributed by atoms with van der Waals surface area (Å²) in [6, 6.07) is 6.56. The number of aryl methyl sites for hydroxylation is 1. The van der Waals surface area contributed by atoms with Crippen LogP contribution in [0.15, 0.2) is 35.9 Å². The van der Waals surface area contributed by atoms with Crippen molar-refractivity contribution in [1.82, 2.24) is 19.7 Å². The van der Waals surface area contributed by atoms with Gasteiger partial charge in [0, 0.05) is 48.2 Å². The van der Waals surface area contributed by atoms with E-state index >= 15 is 0 Å². The molecular weight excluding hydrogens is 492 g/mol. The maximum Gasteiger partial charge on any atom is 0.331 e. The van der Waals surface area contributed by atoms with Gasteiger partial charge in [-0.05, 0) is 36.9 Å². The summed E-state index contributed by atoms with van der Waals surface area (Å²) in [4.78, 5) is 43.2. The van der Waals surface area contributed by atoms with E-state index in [1.165, 1.54) is 18.2 Å². The molecule has 0 saturated carbocycles. The van der Waals surface area contributed by atoms with Gasteiger partial charge in [-0.25, -0.2) is 4.79 Å². The van der Waals surface area contributed by atoms with E-state index in [0.29, 0.717) is 6.54 Å². The molecule has 2 heterocycles. The van der Waals surface area contributed by atoms with Crippen LogP contribution < -0.4 is 5.32 Å². The highest BCUT2D eigenvalue weighted by Gasteiger charge is 2.48. The molecule has 8 nitrogen and oxygen atoms in total. The van der Waals surface area contributed by atoms with Gasteiger partial charge >= 0.3 is 5.97 Å². The average Bonchev–Trinajstić information content (AvgIpc) is 3.11. The van der Waals surface area contributed by atoms with Crippen LogP contribution in [0, 0.1) is 11.3 Å². The molecule has 3 rings (SSSR count). The number of benzene rings is 1. The van der Waals surface area contributed by atoms with Crippen molar-refractivity contribution in [2.24, 2.45) is 18.4 Å². The first-order chi connectivity index (χ1) is 17.9. The number of aromatic nitrogens is 1. The minimum absolute atomic E-state index is 0.0160. The lowest BCUT2D eigenvalue weighted by Gasteiger charge is -2.45. The molecule has 0 spiro atoms. The zero-order chi connectivity index (χ0) is 29.6. The number of likely N-dealkylation sites (N-methyl/N-ethyl adjacent to an activating group) is 2. The van der Waals surface area contributed by atoms with Crippen molar-refractivity contribution in [3.8, 4) is 0 Å². The third-order valence-electron chi connectivity index (χ3n) is 8.28. The molecular formula is C31H46N4O4. The lowest BCUT2D eigenvalue weighted by atomic mass is 9.72. The summed E-state index contributed by atoms with van der Waals surface area (Å²) < 4.78 is 2.21. The number of hydrogen-bond donors (Lipinski definition) is 2. The van der Waals surface area contributed by atoms with Crippen molar-refractivity contribution in [3.63, 3.8) is 0 Å². The van der Waals surface area contributed by atoms with Crippen LogP contribution in [0.2, 0.25) is 0 Å². The highest BCUT2D eigenvalue weighted by Crippen LogP contribution is 2.43. The normalized spacial score (nSPS) is 19.5. The molecule has 1 aliphatic rings. The van der Waals surface area contributed by atoms with Crippen LogP contribution in [-0.2, 0) is 33.4 Å². The van der Waals surface area contributed by atoms with Gasteiger partial charge in [-0.1, -0.05) is 72.7 Å². The molecule has 1 aliphatic heterocycles. The van der Waals surface area contributed by atoms with Gasteiger partial charge in [0.15, 0.2) is 0 Å². The number of nitrogens with zero attached hydrogens (tertiary/aromatic N) is 3. The smallest absolute Gasteiger partial charge is 0.331 e. The van der Waals surface area contributed by atoms with Crippen molar-refractivity contribution in [2.75, 3.05) is 14.1 Å². The van der Waals surface area contributed by atoms with Crippen molar-refractivity contribution in [3.05, 3.63) is 47.2 Å². The van der Waals surface area contributed by atoms with Gasteiger partial charge in [-0.2, -0.15) is 0 Å². The van der Waals surface area contributed by atoms with E-state index in [1.54, 1.807) is 18.0 Å². The summed E-state index contributed by atoms with van der Waals surface area (Å²) in [6.07, 6.45) is 1.62. The fourth-order valence-electron chi connectivity index (χ4n) is 6.19. The van der Waals surface area contributed by atoms with E-state index in [4.69, 9.17) is 0 Å². The number of rotatable bonds is 7. The molecule has 1 aromatic carbocycles. The SMILES string of the molecule is C/C(=C\C(C(C)C)N(C)C(=O)C(NC(=O)C1N(C)Cc2c(c3ccccc3n2C)C1(C)C)C(C)(C)C)C(=O)O. The Labute approximate surface area is 233 Å². The van der Waals surface area contributed by atoms with Crippen molar-refractivity contribution >= 4 is 28.7 Å². The second kappa shape index (κ2) is 10.8. The zero-order valence-corrected chi connectivity index (χ0v) is 25.4. The Hall–Kier alpha value is -3.13. The van der Waals surface area contributed by atoms with Crippen molar-refractivity contribution < 1.29 is 19.5 Å². The number of carbonyl (C=O) groups is 3. The molecule has 8 heteroatoms. The van der Waals surface area contributed by atoms with Crippen molar-refractivity contribution in [2.45, 2.75) is 85.5 Å². The fraction of sp³-hybridized carbons (Fsp3) is 0.581. The number of para-hydroxylation sites is 1. The summed E-state index contributed by atoms with van der Waals surface area (Å²) in [5.41, 5.74) is 2.59. The number of carbonyl (C=O) groups excluding carboxylic acids is 2. The molecule has 0 bridgehead atoms. The lowest BCUT2D eigenvalue weighted by molar-refractivity contribution is -0.142. The Balaban J connectivity index is 1.98. The van der Waals surface area contributed by atoms with Gasteiger partial charge in [0.1, 0.15) is 6.04 Å². The van der Waals surface area contributed by atoms with Crippen LogP contribution in [0.3, 0.4) is 0 Å². The molecule has 2 N–H and O–H groups in total. The van der Waals surface area contributed by atoms with E-state index in [2.05, 4.69) is 47.8 Å². The standard InChI is InChI=1S/C31H46N4O4/c1-18(2)22(16-19(3)29(38)39)35(11)28(37)25(30(4,5)6)32-27(36)26-31(7,8)24-20-14-12-13-15-21(20)34(10)23(24)17-33(26)9/h12-16,18,22,25-26H,17H2,1-11H3,(H,32,36)(H,38,39)/b19-16+. The molecule has 0 fully saturated rings. The van der Waals surface area contributed by atoms with Crippen LogP contribution in [0.1, 0.15) is 66.6 Å². The molecule has 39 heavy (non-hydrogen) atoms. The highest BCUT2D eigenvalue weighted by atomic mass is 16.4. The second-order valence-corrected chi connectivity index (χ2v) is 13.1. The van der Waals surface area contributed by atoms with Crippen LogP contribution in [0.25, 0.3) is 10.9 Å². The largest absolute Gasteiger partial charge is 0.478 e. The molecule has 2 aromatic rings. The predicted molar refractivity (Wildman–Crippen MR) is 155 cm³/mol. The molecule has 214 valence electrons. The Bertz CT molecular complexity index is 1300. The average molecular weight is 539 g/mol. The van der Waals surface area contributed by atoms with Crippen LogP contribution in [-0.4, -0.2) is 69.5 Å². The number of carboxylic acid groups (broad SMARTS) is 1. The van der Waals surface area contributed by atoms with Gasteiger partial charge in [-0.15, -0.1) is 0 Å². The predicted octanol–water partition coefficient (Wildman–Crippen LogP) is 4.31. The summed E-state index contributed by atoms with van der Waals surface area (Å²) in [5, 5.41) is 13.7. The molecule has 2 amide bonds. The second-order valence-electron chi connectivity index (χ2n) is 13.1. The summed E-state index contributed by atoms with van der Waals surface area (Å²) in [6.45, 7) is 16.1. The van der Waals surface area contributed by atoms with Crippen molar-refractivity contribution in [1.29, 1.82) is 0 Å². The Morgan fingerprint density at radius 1 is 1.15 bits per heavy atom. The molecule has 3 unspecified atom stereocenters. The first-order valence-electron chi connectivity index (χ1n) is 13.7. The highest BCUT2D eigenvalue weighted by molar-refractivity contribution is 5.94. The van der Waals surface area contributed by atoms with Gasteiger partial charge in [-0.3, -0.25) is 14.5 Å². The van der Waals surface area contributed by atoms with Crippen LogP contribution in [0.4, 0.5) is 0 Å². The van der Waals surface area contributed by atoms with Gasteiger partial charge in [0.05, 0.1) is 12.1 Å². The molecule has 3 atom stereocenters. The van der Waals surface area contributed by atoms with E-state index < -0.39 is 34.9 Å². The number of nitrogens with one attached hydrogen (secondary N) is 1. The lowest BCUT2D eigenvalue weighted by Crippen LogP contribution is -2.63. The number of fused-ring (bicyclic) bond motifs is 3. The van der Waals surface area contributed by atoms with E-state index in [1.807, 2.05) is 53.8 Å². The topological polar surface area (TPSA) is 94.9 Å². The van der Waals surface area contributed by atoms with E-state index in [0.717, 1.165) is 10.9 Å². The Morgan fingerprint density at radius 3 is 2.28 bits per heavy atom. The first-order valence-corrected chi connectivity index (χ1v) is 13.7. The third-order valence-corrected chi connectivity index (χ3v) is 8.28. The quantitative estimate of drug-likeness (QED) is 0.512.